The van der Waals surface area contributed by atoms with Gasteiger partial charge in [0.05, 0.1) is 5.48 Å². The highest BCUT2D eigenvalue weighted by Crippen LogP contribution is 2.20. The minimum atomic E-state index is -3.00. The van der Waals surface area contributed by atoms with Crippen LogP contribution in [-0.4, -0.2) is 0 Å². The van der Waals surface area contributed by atoms with E-state index >= 15 is 0 Å². The Balaban J connectivity index is 3.60. The molecule has 0 saturated carbocycles. The van der Waals surface area contributed by atoms with Gasteiger partial charge in [-0.05, 0) is 12.1 Å². The van der Waals surface area contributed by atoms with E-state index < -0.39 is 36.2 Å². The summed E-state index contributed by atoms with van der Waals surface area (Å²) >= 11 is 2.80. The molecule has 0 spiro atoms. The lowest BCUT2D eigenvalue weighted by atomic mass is 10.2. The van der Waals surface area contributed by atoms with Crippen molar-refractivity contribution < 1.29 is 14.3 Å². The minimum Gasteiger partial charge on any atom is -0.205 e. The molecule has 1 aromatic rings. The number of hydrogen-bond donors (Lipinski definition) is 0. The largest absolute Gasteiger partial charge is 0.263 e. The molecule has 0 N–H and O–H groups in total. The van der Waals surface area contributed by atoms with Gasteiger partial charge in [-0.15, -0.1) is 0 Å². The summed E-state index contributed by atoms with van der Waals surface area (Å²) in [4.78, 5) is 0. The van der Waals surface area contributed by atoms with Gasteiger partial charge in [0.25, 0.3) is 6.43 Å². The van der Waals surface area contributed by atoms with Gasteiger partial charge in [-0.2, -0.15) is 0 Å². The molecule has 0 radical (unpaired) electrons. The van der Waals surface area contributed by atoms with E-state index in [0.717, 1.165) is 0 Å². The van der Waals surface area contributed by atoms with Crippen LogP contribution in [0.1, 0.15) is 17.5 Å². The first-order chi connectivity index (χ1) is 6.37. The predicted molar refractivity (Wildman–Crippen MR) is 39.1 cm³/mol. The average molecular weight is 211 g/mol. The highest BCUT2D eigenvalue weighted by atomic mass is 79.9. The molecule has 0 saturated heterocycles. The average Bonchev–Trinajstić information content (AvgIpc) is 2.11. The summed E-state index contributed by atoms with van der Waals surface area (Å²) in [6.07, 6.45) is -3.00. The Labute approximate surface area is 71.6 Å². The van der Waals surface area contributed by atoms with Crippen molar-refractivity contribution in [2.75, 3.05) is 0 Å². The maximum Gasteiger partial charge on any atom is 0.263 e. The van der Waals surface area contributed by atoms with Crippen molar-refractivity contribution in [2.45, 2.75) is 6.43 Å². The number of halogens is 3. The number of rotatable bonds is 1. The molecule has 0 aromatic heterocycles. The van der Waals surface area contributed by atoms with E-state index in [0.29, 0.717) is 0 Å². The maximum absolute atomic E-state index is 12.4. The zero-order chi connectivity index (χ0) is 11.0. The molecule has 0 nitrogen and oxygen atoms in total. The number of benzene rings is 1. The second kappa shape index (κ2) is 3.10. The molecule has 1 rings (SSSR count). The summed E-state index contributed by atoms with van der Waals surface area (Å²) in [6.45, 7) is 0. The van der Waals surface area contributed by atoms with E-state index in [9.17, 15) is 8.78 Å². The van der Waals surface area contributed by atoms with Gasteiger partial charge in [0.1, 0.15) is 0 Å². The van der Waals surface area contributed by atoms with Crippen LogP contribution in [0.3, 0.4) is 0 Å². The van der Waals surface area contributed by atoms with Gasteiger partial charge in [0, 0.05) is 10.0 Å². The summed E-state index contributed by atoms with van der Waals surface area (Å²) in [7, 11) is 0. The zero-order valence-corrected chi connectivity index (χ0v) is 6.30. The number of alkyl halides is 2. The molecule has 0 heterocycles. The smallest absolute Gasteiger partial charge is 0.205 e. The molecule has 0 aliphatic carbocycles. The van der Waals surface area contributed by atoms with Crippen LogP contribution in [0.25, 0.3) is 0 Å². The van der Waals surface area contributed by atoms with E-state index in [-0.39, 0.29) is 4.47 Å². The first-order valence-corrected chi connectivity index (χ1v) is 3.21. The predicted octanol–water partition coefficient (Wildman–Crippen LogP) is 3.39. The summed E-state index contributed by atoms with van der Waals surface area (Å²) < 4.78 is 53.5. The Morgan fingerprint density at radius 1 is 1.30 bits per heavy atom. The number of hydrogen-bond acceptors (Lipinski definition) is 0. The van der Waals surface area contributed by atoms with Crippen LogP contribution in [0.4, 0.5) is 8.78 Å². The van der Waals surface area contributed by atoms with Gasteiger partial charge in [-0.1, -0.05) is 28.0 Å². The van der Waals surface area contributed by atoms with Crippen LogP contribution in [0, 0.1) is 0 Å². The fourth-order valence-electron chi connectivity index (χ4n) is 0.416. The summed E-state index contributed by atoms with van der Waals surface area (Å²) in [5.74, 6) is 0. The summed E-state index contributed by atoms with van der Waals surface area (Å²) in [5.41, 5.74) is -0.858. The van der Waals surface area contributed by atoms with E-state index in [4.69, 9.17) is 5.48 Å². The molecule has 0 atom stereocenters. The third-order valence-corrected chi connectivity index (χ3v) is 1.23. The van der Waals surface area contributed by atoms with Gasteiger partial charge in [-0.25, -0.2) is 8.78 Å². The van der Waals surface area contributed by atoms with Gasteiger partial charge < -0.3 is 0 Å². The second-order valence-electron chi connectivity index (χ2n) is 1.53. The standard InChI is InChI=1S/C7H5BrF2/c8-6-3-1-5(2-4-6)7(9)10/h1-4,7H/i1D,2D,3D,4D. The molecule has 10 heavy (non-hydrogen) atoms. The van der Waals surface area contributed by atoms with Crippen molar-refractivity contribution in [1.82, 2.24) is 0 Å². The highest BCUT2D eigenvalue weighted by Gasteiger charge is 2.04. The highest BCUT2D eigenvalue weighted by molar-refractivity contribution is 9.10. The van der Waals surface area contributed by atoms with Crippen LogP contribution in [0.2, 0.25) is 0 Å². The van der Waals surface area contributed by atoms with Crippen molar-refractivity contribution in [3.63, 3.8) is 0 Å². The van der Waals surface area contributed by atoms with Crippen molar-refractivity contribution >= 4 is 15.9 Å². The SMILES string of the molecule is [2H]c1c([2H])c(C(F)F)c([2H])c([2H])c1Br. The van der Waals surface area contributed by atoms with Gasteiger partial charge >= 0.3 is 0 Å². The zero-order valence-electron chi connectivity index (χ0n) is 8.71. The van der Waals surface area contributed by atoms with Crippen LogP contribution >= 0.6 is 15.9 Å². The van der Waals surface area contributed by atoms with Crippen molar-refractivity contribution in [1.29, 1.82) is 0 Å². The van der Waals surface area contributed by atoms with Crippen LogP contribution in [0.15, 0.2) is 28.6 Å². The van der Waals surface area contributed by atoms with Crippen molar-refractivity contribution in [3.8, 4) is 0 Å². The third kappa shape index (κ3) is 1.77. The van der Waals surface area contributed by atoms with E-state index in [1.165, 1.54) is 0 Å². The first kappa shape index (κ1) is 3.81. The van der Waals surface area contributed by atoms with Gasteiger partial charge in [0.15, 0.2) is 0 Å². The molecule has 0 amide bonds. The lowest BCUT2D eigenvalue weighted by Crippen LogP contribution is -1.80. The molecular formula is C7H5BrF2. The molecule has 0 unspecified atom stereocenters. The van der Waals surface area contributed by atoms with Crippen LogP contribution < -0.4 is 0 Å². The van der Waals surface area contributed by atoms with Gasteiger partial charge in [0.2, 0.25) is 0 Å². The maximum atomic E-state index is 12.4. The molecule has 0 fully saturated rings. The monoisotopic (exact) mass is 210 g/mol. The first-order valence-electron chi connectivity index (χ1n) is 4.41. The Morgan fingerprint density at radius 3 is 2.20 bits per heavy atom. The van der Waals surface area contributed by atoms with Crippen molar-refractivity contribution in [2.24, 2.45) is 0 Å². The van der Waals surface area contributed by atoms with Crippen molar-refractivity contribution in [3.05, 3.63) is 34.2 Å². The molecular weight excluding hydrogens is 202 g/mol. The Bertz CT molecular complexity index is 351. The fraction of sp³-hybridized carbons (Fsp3) is 0.143. The normalized spacial score (nSPS) is 16.0. The lowest BCUT2D eigenvalue weighted by Gasteiger charge is -1.96. The van der Waals surface area contributed by atoms with Crippen LogP contribution in [-0.2, 0) is 0 Å². The Hall–Kier alpha value is -0.440. The minimum absolute atomic E-state index is 0.100. The molecule has 54 valence electrons. The third-order valence-electron chi connectivity index (χ3n) is 0.832. The van der Waals surface area contributed by atoms with Gasteiger partial charge in [-0.3, -0.25) is 0 Å². The molecule has 0 aliphatic heterocycles. The molecule has 0 bridgehead atoms. The van der Waals surface area contributed by atoms with E-state index in [2.05, 4.69) is 15.9 Å². The van der Waals surface area contributed by atoms with E-state index in [1.807, 2.05) is 0 Å². The Morgan fingerprint density at radius 2 is 1.80 bits per heavy atom. The van der Waals surface area contributed by atoms with E-state index in [1.54, 1.807) is 0 Å². The summed E-state index contributed by atoms with van der Waals surface area (Å²) in [6, 6.07) is -2.37. The topological polar surface area (TPSA) is 0 Å². The van der Waals surface area contributed by atoms with Crippen LogP contribution in [0.5, 0.6) is 0 Å². The summed E-state index contributed by atoms with van der Waals surface area (Å²) in [5, 5.41) is 0. The molecule has 1 aromatic carbocycles. The lowest BCUT2D eigenvalue weighted by molar-refractivity contribution is 0.151. The second-order valence-corrected chi connectivity index (χ2v) is 2.32. The molecule has 0 aliphatic rings. The quantitative estimate of drug-likeness (QED) is 0.667. The fourth-order valence-corrected chi connectivity index (χ4v) is 0.614. The Kier molecular flexibility index (Phi) is 1.18. The molecule has 3 heteroatoms.